The Labute approximate surface area is 81.3 Å². The number of aromatic nitrogens is 1. The van der Waals surface area contributed by atoms with Crippen LogP contribution < -0.4 is 0 Å². The molecule has 13 heavy (non-hydrogen) atoms. The van der Waals surface area contributed by atoms with E-state index < -0.39 is 0 Å². The van der Waals surface area contributed by atoms with Gasteiger partial charge in [0.15, 0.2) is 0 Å². The van der Waals surface area contributed by atoms with Crippen LogP contribution in [0.2, 0.25) is 5.02 Å². The van der Waals surface area contributed by atoms with Gasteiger partial charge in [-0.25, -0.2) is 0 Å². The van der Waals surface area contributed by atoms with Crippen LogP contribution in [0.4, 0.5) is 0 Å². The van der Waals surface area contributed by atoms with Gasteiger partial charge in [0, 0.05) is 26.2 Å². The molecule has 0 saturated heterocycles. The second kappa shape index (κ2) is 3.00. The number of rotatable bonds is 0. The minimum absolute atomic E-state index is 0.0104. The molecule has 1 amide bonds. The lowest BCUT2D eigenvalue weighted by atomic mass is 10.1. The number of hydrogen-bond acceptors (Lipinski definition) is 2. The molecule has 3 nitrogen and oxygen atoms in total. The summed E-state index contributed by atoms with van der Waals surface area (Å²) in [7, 11) is 1.78. The van der Waals surface area contributed by atoms with Gasteiger partial charge in [-0.1, -0.05) is 11.6 Å². The van der Waals surface area contributed by atoms with Crippen molar-refractivity contribution in [2.24, 2.45) is 0 Å². The van der Waals surface area contributed by atoms with E-state index in [-0.39, 0.29) is 5.91 Å². The van der Waals surface area contributed by atoms with E-state index in [9.17, 15) is 4.79 Å². The maximum Gasteiger partial charge on any atom is 0.255 e. The average Bonchev–Trinajstić information content (AvgIpc) is 2.12. The fourth-order valence-corrected chi connectivity index (χ4v) is 1.59. The van der Waals surface area contributed by atoms with Gasteiger partial charge in [-0.3, -0.25) is 9.78 Å². The molecule has 0 radical (unpaired) electrons. The second-order valence-corrected chi connectivity index (χ2v) is 3.56. The van der Waals surface area contributed by atoms with Crippen LogP contribution in [-0.4, -0.2) is 29.4 Å². The summed E-state index contributed by atoms with van der Waals surface area (Å²) in [6.45, 7) is 0.737. The summed E-state index contributed by atoms with van der Waals surface area (Å²) in [6, 6.07) is 1.68. The van der Waals surface area contributed by atoms with E-state index in [1.54, 1.807) is 24.2 Å². The Morgan fingerprint density at radius 3 is 3.15 bits per heavy atom. The zero-order valence-electron chi connectivity index (χ0n) is 7.25. The number of nitrogens with zero attached hydrogens (tertiary/aromatic N) is 2. The molecule has 0 N–H and O–H groups in total. The van der Waals surface area contributed by atoms with Crippen LogP contribution >= 0.6 is 11.6 Å². The predicted octanol–water partition coefficient (Wildman–Crippen LogP) is 1.36. The van der Waals surface area contributed by atoms with Crippen LogP contribution in [0.5, 0.6) is 0 Å². The van der Waals surface area contributed by atoms with Crippen molar-refractivity contribution in [3.63, 3.8) is 0 Å². The van der Waals surface area contributed by atoms with Crippen LogP contribution in [-0.2, 0) is 6.42 Å². The van der Waals surface area contributed by atoms with Crippen molar-refractivity contribution < 1.29 is 4.79 Å². The lowest BCUT2D eigenvalue weighted by Gasteiger charge is -2.23. The van der Waals surface area contributed by atoms with Crippen LogP contribution in [0.25, 0.3) is 0 Å². The van der Waals surface area contributed by atoms with E-state index in [1.807, 2.05) is 0 Å². The molecule has 1 aliphatic rings. The third-order valence-corrected chi connectivity index (χ3v) is 2.40. The van der Waals surface area contributed by atoms with Gasteiger partial charge in [0.1, 0.15) is 0 Å². The fraction of sp³-hybridized carbons (Fsp3) is 0.333. The van der Waals surface area contributed by atoms with Crippen LogP contribution in [0, 0.1) is 0 Å². The summed E-state index contributed by atoms with van der Waals surface area (Å²) in [4.78, 5) is 17.4. The molecule has 0 saturated carbocycles. The molecule has 68 valence electrons. The summed E-state index contributed by atoms with van der Waals surface area (Å²) in [6.07, 6.45) is 2.40. The van der Waals surface area contributed by atoms with Crippen molar-refractivity contribution in [1.82, 2.24) is 9.88 Å². The summed E-state index contributed by atoms with van der Waals surface area (Å²) in [5.74, 6) is 0.0104. The lowest BCUT2D eigenvalue weighted by Crippen LogP contribution is -2.34. The highest BCUT2D eigenvalue weighted by Gasteiger charge is 2.22. The minimum atomic E-state index is 0.0104. The molecule has 1 aromatic rings. The van der Waals surface area contributed by atoms with Gasteiger partial charge in [0.05, 0.1) is 16.3 Å². The third-order valence-electron chi connectivity index (χ3n) is 2.20. The normalized spacial score (nSPS) is 15.8. The highest BCUT2D eigenvalue weighted by atomic mass is 35.5. The number of carbonyl (C=O) groups is 1. The van der Waals surface area contributed by atoms with Crippen LogP contribution in [0.3, 0.4) is 0 Å². The number of fused-ring (bicyclic) bond motifs is 1. The van der Waals surface area contributed by atoms with Crippen molar-refractivity contribution in [3.05, 3.63) is 28.5 Å². The second-order valence-electron chi connectivity index (χ2n) is 3.12. The van der Waals surface area contributed by atoms with Gasteiger partial charge in [-0.15, -0.1) is 0 Å². The first-order valence-electron chi connectivity index (χ1n) is 4.08. The smallest absolute Gasteiger partial charge is 0.255 e. The van der Waals surface area contributed by atoms with Crippen molar-refractivity contribution in [2.75, 3.05) is 13.6 Å². The van der Waals surface area contributed by atoms with Gasteiger partial charge in [0.25, 0.3) is 5.91 Å². The Morgan fingerprint density at radius 1 is 1.62 bits per heavy atom. The Hall–Kier alpha value is -1.09. The van der Waals surface area contributed by atoms with Gasteiger partial charge in [-0.05, 0) is 6.07 Å². The van der Waals surface area contributed by atoms with Gasteiger partial charge in [-0.2, -0.15) is 0 Å². The largest absolute Gasteiger partial charge is 0.341 e. The Kier molecular flexibility index (Phi) is 1.96. The monoisotopic (exact) mass is 196 g/mol. The first-order valence-corrected chi connectivity index (χ1v) is 4.46. The molecule has 0 bridgehead atoms. The number of amides is 1. The molecule has 0 fully saturated rings. The van der Waals surface area contributed by atoms with E-state index in [4.69, 9.17) is 11.6 Å². The molecule has 0 atom stereocenters. The number of halogens is 1. The molecule has 0 unspecified atom stereocenters. The number of carbonyl (C=O) groups excluding carboxylic acids is 1. The predicted molar refractivity (Wildman–Crippen MR) is 49.9 cm³/mol. The van der Waals surface area contributed by atoms with Gasteiger partial charge < -0.3 is 4.90 Å². The molecular weight excluding hydrogens is 188 g/mol. The summed E-state index contributed by atoms with van der Waals surface area (Å²) < 4.78 is 0. The average molecular weight is 197 g/mol. The van der Waals surface area contributed by atoms with Crippen LogP contribution in [0.1, 0.15) is 16.1 Å². The van der Waals surface area contributed by atoms with Crippen molar-refractivity contribution >= 4 is 17.5 Å². The molecule has 2 rings (SSSR count). The first kappa shape index (κ1) is 8.51. The van der Waals surface area contributed by atoms with E-state index in [0.717, 1.165) is 18.7 Å². The SMILES string of the molecule is CN1CCc2ncc(Cl)cc2C1=O. The highest BCUT2D eigenvalue weighted by Crippen LogP contribution is 2.19. The van der Waals surface area contributed by atoms with E-state index in [2.05, 4.69) is 4.98 Å². The molecule has 0 aromatic carbocycles. The fourth-order valence-electron chi connectivity index (χ4n) is 1.43. The molecule has 1 aliphatic heterocycles. The lowest BCUT2D eigenvalue weighted by molar-refractivity contribution is 0.0779. The van der Waals surface area contributed by atoms with Crippen molar-refractivity contribution in [1.29, 1.82) is 0 Å². The maximum absolute atomic E-state index is 11.6. The number of likely N-dealkylation sites (N-methyl/N-ethyl adjacent to an activating group) is 1. The first-order chi connectivity index (χ1) is 6.18. The maximum atomic E-state index is 11.6. The number of pyridine rings is 1. The van der Waals surface area contributed by atoms with Crippen molar-refractivity contribution in [2.45, 2.75) is 6.42 Å². The van der Waals surface area contributed by atoms with E-state index >= 15 is 0 Å². The quantitative estimate of drug-likeness (QED) is 0.628. The molecule has 0 spiro atoms. The summed E-state index contributed by atoms with van der Waals surface area (Å²) >= 11 is 5.76. The van der Waals surface area contributed by atoms with E-state index in [0.29, 0.717) is 10.6 Å². The van der Waals surface area contributed by atoms with Crippen LogP contribution in [0.15, 0.2) is 12.3 Å². The Bertz CT molecular complexity index is 365. The van der Waals surface area contributed by atoms with Crippen molar-refractivity contribution in [3.8, 4) is 0 Å². The molecular formula is C9H9ClN2O. The number of hydrogen-bond donors (Lipinski definition) is 0. The third kappa shape index (κ3) is 1.40. The zero-order valence-corrected chi connectivity index (χ0v) is 8.01. The topological polar surface area (TPSA) is 33.2 Å². The Balaban J connectivity index is 2.51. The molecule has 2 heterocycles. The minimum Gasteiger partial charge on any atom is -0.341 e. The van der Waals surface area contributed by atoms with Gasteiger partial charge in [0.2, 0.25) is 0 Å². The highest BCUT2D eigenvalue weighted by molar-refractivity contribution is 6.30. The Morgan fingerprint density at radius 2 is 2.38 bits per heavy atom. The zero-order chi connectivity index (χ0) is 9.42. The van der Waals surface area contributed by atoms with Gasteiger partial charge >= 0.3 is 0 Å². The molecule has 1 aromatic heterocycles. The summed E-state index contributed by atoms with van der Waals surface area (Å²) in [5, 5.41) is 0.516. The van der Waals surface area contributed by atoms with E-state index in [1.165, 1.54) is 0 Å². The molecule has 0 aliphatic carbocycles. The summed E-state index contributed by atoms with van der Waals surface area (Å²) in [5.41, 5.74) is 1.49. The standard InChI is InChI=1S/C9H9ClN2O/c1-12-3-2-8-7(9(12)13)4-6(10)5-11-8/h4-5H,2-3H2,1H3. The molecule has 4 heteroatoms.